The van der Waals surface area contributed by atoms with E-state index in [4.69, 9.17) is 16.7 Å². The standard InChI is InChI=1S/C11H13ClN2O4S/c12-9-6-8(11(15)16)7-13-10(9)14-2-1-4-19(17,18)5-3-14/h6-7H,1-5H2,(H,15,16). The van der Waals surface area contributed by atoms with Crippen LogP contribution in [0.4, 0.5) is 5.82 Å². The summed E-state index contributed by atoms with van der Waals surface area (Å²) in [7, 11) is -3.00. The number of pyridine rings is 1. The predicted octanol–water partition coefficient (Wildman–Crippen LogP) is 1.06. The van der Waals surface area contributed by atoms with Crippen LogP contribution in [0.3, 0.4) is 0 Å². The van der Waals surface area contributed by atoms with Crippen LogP contribution in [0.5, 0.6) is 0 Å². The molecular formula is C11H13ClN2O4S. The van der Waals surface area contributed by atoms with E-state index in [9.17, 15) is 13.2 Å². The first-order chi connectivity index (χ1) is 8.89. The van der Waals surface area contributed by atoms with Crippen LogP contribution in [0, 0.1) is 0 Å². The Labute approximate surface area is 115 Å². The van der Waals surface area contributed by atoms with Crippen LogP contribution in [-0.4, -0.2) is 49.1 Å². The van der Waals surface area contributed by atoms with Gasteiger partial charge in [-0.2, -0.15) is 0 Å². The maximum absolute atomic E-state index is 11.5. The lowest BCUT2D eigenvalue weighted by Crippen LogP contribution is -2.28. The first-order valence-corrected chi connectivity index (χ1v) is 7.93. The Morgan fingerprint density at radius 1 is 1.37 bits per heavy atom. The third-order valence-corrected chi connectivity index (χ3v) is 4.92. The van der Waals surface area contributed by atoms with Crippen molar-refractivity contribution in [1.82, 2.24) is 4.98 Å². The summed E-state index contributed by atoms with van der Waals surface area (Å²) in [6.45, 7) is 0.861. The van der Waals surface area contributed by atoms with Crippen LogP contribution in [0.2, 0.25) is 5.02 Å². The van der Waals surface area contributed by atoms with Gasteiger partial charge in [-0.3, -0.25) is 0 Å². The monoisotopic (exact) mass is 304 g/mol. The van der Waals surface area contributed by atoms with Gasteiger partial charge in [0.15, 0.2) is 9.84 Å². The highest BCUT2D eigenvalue weighted by atomic mass is 35.5. The molecule has 0 saturated carbocycles. The number of carbonyl (C=O) groups is 1. The van der Waals surface area contributed by atoms with Crippen LogP contribution in [0.25, 0.3) is 0 Å². The molecule has 0 spiro atoms. The second-order valence-electron chi connectivity index (χ2n) is 4.33. The van der Waals surface area contributed by atoms with Gasteiger partial charge >= 0.3 is 5.97 Å². The molecule has 0 aliphatic carbocycles. The molecule has 8 heteroatoms. The van der Waals surface area contributed by atoms with Crippen molar-refractivity contribution < 1.29 is 18.3 Å². The van der Waals surface area contributed by atoms with Crippen LogP contribution in [-0.2, 0) is 9.84 Å². The van der Waals surface area contributed by atoms with Gasteiger partial charge in [0.2, 0.25) is 0 Å². The second-order valence-corrected chi connectivity index (χ2v) is 7.04. The van der Waals surface area contributed by atoms with Gasteiger partial charge in [0, 0.05) is 19.3 Å². The Kier molecular flexibility index (Phi) is 3.96. The van der Waals surface area contributed by atoms with Gasteiger partial charge in [0.05, 0.1) is 22.1 Å². The number of halogens is 1. The predicted molar refractivity (Wildman–Crippen MR) is 71.7 cm³/mol. The summed E-state index contributed by atoms with van der Waals surface area (Å²) < 4.78 is 23.0. The average molecular weight is 305 g/mol. The van der Waals surface area contributed by atoms with Crippen molar-refractivity contribution >= 4 is 33.2 Å². The zero-order chi connectivity index (χ0) is 14.0. The molecule has 1 aliphatic heterocycles. The maximum Gasteiger partial charge on any atom is 0.337 e. The zero-order valence-electron chi connectivity index (χ0n) is 10.0. The SMILES string of the molecule is O=C(O)c1cnc(N2CCCS(=O)(=O)CC2)c(Cl)c1. The molecule has 0 atom stereocenters. The molecule has 1 aromatic rings. The van der Waals surface area contributed by atoms with Gasteiger partial charge in [-0.05, 0) is 12.5 Å². The van der Waals surface area contributed by atoms with Crippen LogP contribution >= 0.6 is 11.6 Å². The first-order valence-electron chi connectivity index (χ1n) is 5.73. The van der Waals surface area contributed by atoms with E-state index >= 15 is 0 Å². The number of hydrogen-bond donors (Lipinski definition) is 1. The molecule has 104 valence electrons. The van der Waals surface area contributed by atoms with Crippen molar-refractivity contribution in [3.05, 3.63) is 22.8 Å². The number of nitrogens with zero attached hydrogens (tertiary/aromatic N) is 2. The lowest BCUT2D eigenvalue weighted by molar-refractivity contribution is 0.0696. The molecule has 2 rings (SSSR count). The minimum atomic E-state index is -3.00. The molecule has 0 aromatic carbocycles. The molecule has 0 bridgehead atoms. The fourth-order valence-electron chi connectivity index (χ4n) is 1.93. The molecule has 6 nitrogen and oxygen atoms in total. The van der Waals surface area contributed by atoms with Crippen LogP contribution in [0.15, 0.2) is 12.3 Å². The Morgan fingerprint density at radius 2 is 2.11 bits per heavy atom. The van der Waals surface area contributed by atoms with Crippen molar-refractivity contribution in [3.8, 4) is 0 Å². The van der Waals surface area contributed by atoms with Gasteiger partial charge in [0.25, 0.3) is 0 Å². The summed E-state index contributed by atoms with van der Waals surface area (Å²) in [5, 5.41) is 9.05. The number of rotatable bonds is 2. The second kappa shape index (κ2) is 5.34. The number of aromatic carboxylic acids is 1. The van der Waals surface area contributed by atoms with E-state index in [1.165, 1.54) is 12.3 Å². The molecule has 0 unspecified atom stereocenters. The summed E-state index contributed by atoms with van der Waals surface area (Å²) in [6, 6.07) is 1.33. The number of carboxylic acids is 1. The number of carboxylic acid groups (broad SMARTS) is 1. The van der Waals surface area contributed by atoms with Gasteiger partial charge in [-0.15, -0.1) is 0 Å². The van der Waals surface area contributed by atoms with E-state index in [0.29, 0.717) is 25.3 Å². The van der Waals surface area contributed by atoms with E-state index in [1.54, 1.807) is 4.90 Å². The first kappa shape index (κ1) is 14.1. The van der Waals surface area contributed by atoms with Crippen molar-refractivity contribution in [2.24, 2.45) is 0 Å². The Morgan fingerprint density at radius 3 is 2.74 bits per heavy atom. The molecular weight excluding hydrogens is 292 g/mol. The van der Waals surface area contributed by atoms with E-state index in [1.807, 2.05) is 0 Å². The summed E-state index contributed by atoms with van der Waals surface area (Å²) in [5.41, 5.74) is 0.0104. The van der Waals surface area contributed by atoms with Crippen LogP contribution < -0.4 is 4.90 Å². The molecule has 19 heavy (non-hydrogen) atoms. The fraction of sp³-hybridized carbons (Fsp3) is 0.455. The smallest absolute Gasteiger partial charge is 0.337 e. The zero-order valence-corrected chi connectivity index (χ0v) is 11.6. The minimum Gasteiger partial charge on any atom is -0.478 e. The highest BCUT2D eigenvalue weighted by molar-refractivity contribution is 7.91. The molecule has 1 aromatic heterocycles. The number of hydrogen-bond acceptors (Lipinski definition) is 5. The lowest BCUT2D eigenvalue weighted by Gasteiger charge is -2.21. The summed E-state index contributed by atoms with van der Waals surface area (Å²) >= 11 is 6.01. The maximum atomic E-state index is 11.5. The van der Waals surface area contributed by atoms with Gasteiger partial charge < -0.3 is 10.0 Å². The fourth-order valence-corrected chi connectivity index (χ4v) is 3.49. The summed E-state index contributed by atoms with van der Waals surface area (Å²) in [4.78, 5) is 16.6. The van der Waals surface area contributed by atoms with Crippen molar-refractivity contribution in [3.63, 3.8) is 0 Å². The van der Waals surface area contributed by atoms with Crippen molar-refractivity contribution in [2.75, 3.05) is 29.5 Å². The highest BCUT2D eigenvalue weighted by Gasteiger charge is 2.22. The Hall–Kier alpha value is -1.34. The Balaban J connectivity index is 2.25. The quantitative estimate of drug-likeness (QED) is 0.879. The van der Waals surface area contributed by atoms with Crippen molar-refractivity contribution in [2.45, 2.75) is 6.42 Å². The third kappa shape index (κ3) is 3.36. The molecule has 1 saturated heterocycles. The topological polar surface area (TPSA) is 87.6 Å². The van der Waals surface area contributed by atoms with Gasteiger partial charge in [-0.25, -0.2) is 18.2 Å². The molecule has 0 amide bonds. The minimum absolute atomic E-state index is 0.0104. The van der Waals surface area contributed by atoms with E-state index < -0.39 is 15.8 Å². The van der Waals surface area contributed by atoms with Gasteiger partial charge in [-0.1, -0.05) is 11.6 Å². The third-order valence-electron chi connectivity index (χ3n) is 2.92. The van der Waals surface area contributed by atoms with E-state index in [-0.39, 0.29) is 22.1 Å². The van der Waals surface area contributed by atoms with E-state index in [0.717, 1.165) is 0 Å². The average Bonchev–Trinajstić information content (AvgIpc) is 2.50. The van der Waals surface area contributed by atoms with Crippen LogP contribution in [0.1, 0.15) is 16.8 Å². The Bertz CT molecular complexity index is 603. The summed E-state index contributed by atoms with van der Waals surface area (Å²) in [5.74, 6) is -0.441. The largest absolute Gasteiger partial charge is 0.478 e. The molecule has 1 fully saturated rings. The van der Waals surface area contributed by atoms with Crippen molar-refractivity contribution in [1.29, 1.82) is 0 Å². The van der Waals surface area contributed by atoms with E-state index in [2.05, 4.69) is 4.98 Å². The van der Waals surface area contributed by atoms with Gasteiger partial charge in [0.1, 0.15) is 5.82 Å². The lowest BCUT2D eigenvalue weighted by atomic mass is 10.2. The number of sulfone groups is 1. The molecule has 2 heterocycles. The molecule has 1 N–H and O–H groups in total. The highest BCUT2D eigenvalue weighted by Crippen LogP contribution is 2.25. The number of anilines is 1. The molecule has 0 radical (unpaired) electrons. The summed E-state index contributed by atoms with van der Waals surface area (Å²) in [6.07, 6.45) is 1.74. The molecule has 1 aliphatic rings. The normalized spacial score (nSPS) is 18.9. The number of aromatic nitrogens is 1.